The lowest BCUT2D eigenvalue weighted by molar-refractivity contribution is 0.307. The SMILES string of the molecule is CCCC1CCC(C#N)C(Sc2ccccc2C)C1. The Morgan fingerprint density at radius 3 is 2.79 bits per heavy atom. The molecule has 19 heavy (non-hydrogen) atoms. The molecule has 0 radical (unpaired) electrons. The highest BCUT2D eigenvalue weighted by molar-refractivity contribution is 8.00. The van der Waals surface area contributed by atoms with E-state index in [9.17, 15) is 5.26 Å². The van der Waals surface area contributed by atoms with Crippen molar-refractivity contribution < 1.29 is 0 Å². The van der Waals surface area contributed by atoms with E-state index in [4.69, 9.17) is 0 Å². The molecule has 1 saturated carbocycles. The highest BCUT2D eigenvalue weighted by Gasteiger charge is 2.31. The summed E-state index contributed by atoms with van der Waals surface area (Å²) in [7, 11) is 0. The fraction of sp³-hybridized carbons (Fsp3) is 0.588. The average molecular weight is 273 g/mol. The van der Waals surface area contributed by atoms with E-state index in [1.807, 2.05) is 11.8 Å². The minimum absolute atomic E-state index is 0.234. The Morgan fingerprint density at radius 1 is 1.32 bits per heavy atom. The molecule has 0 heterocycles. The summed E-state index contributed by atoms with van der Waals surface area (Å²) in [5.41, 5.74) is 1.34. The van der Waals surface area contributed by atoms with E-state index in [1.54, 1.807) is 0 Å². The van der Waals surface area contributed by atoms with E-state index >= 15 is 0 Å². The van der Waals surface area contributed by atoms with Crippen LogP contribution in [0.2, 0.25) is 0 Å². The van der Waals surface area contributed by atoms with Gasteiger partial charge in [-0.25, -0.2) is 0 Å². The van der Waals surface area contributed by atoms with Crippen LogP contribution in [0.5, 0.6) is 0 Å². The third-order valence-corrected chi connectivity index (χ3v) is 5.67. The first-order chi connectivity index (χ1) is 9.24. The topological polar surface area (TPSA) is 23.8 Å². The molecule has 3 unspecified atom stereocenters. The number of aryl methyl sites for hydroxylation is 1. The molecule has 0 aliphatic heterocycles. The summed E-state index contributed by atoms with van der Waals surface area (Å²) >= 11 is 1.93. The van der Waals surface area contributed by atoms with Crippen molar-refractivity contribution in [3.8, 4) is 6.07 Å². The highest BCUT2D eigenvalue weighted by atomic mass is 32.2. The fourth-order valence-electron chi connectivity index (χ4n) is 3.01. The maximum Gasteiger partial charge on any atom is 0.0667 e. The summed E-state index contributed by atoms with van der Waals surface area (Å²) < 4.78 is 0. The largest absolute Gasteiger partial charge is 0.198 e. The Bertz CT molecular complexity index is 449. The first-order valence-corrected chi connectivity index (χ1v) is 8.24. The van der Waals surface area contributed by atoms with E-state index in [2.05, 4.69) is 44.2 Å². The van der Waals surface area contributed by atoms with E-state index in [1.165, 1.54) is 36.1 Å². The van der Waals surface area contributed by atoms with Crippen LogP contribution in [-0.2, 0) is 0 Å². The number of nitrogens with zero attached hydrogens (tertiary/aromatic N) is 1. The van der Waals surface area contributed by atoms with Gasteiger partial charge in [0, 0.05) is 10.1 Å². The minimum atomic E-state index is 0.234. The van der Waals surface area contributed by atoms with E-state index < -0.39 is 0 Å². The monoisotopic (exact) mass is 273 g/mol. The van der Waals surface area contributed by atoms with Crippen LogP contribution in [0.25, 0.3) is 0 Å². The fourth-order valence-corrected chi connectivity index (χ4v) is 4.48. The van der Waals surface area contributed by atoms with Crippen LogP contribution >= 0.6 is 11.8 Å². The lowest BCUT2D eigenvalue weighted by Gasteiger charge is -2.32. The molecule has 1 fully saturated rings. The molecule has 2 heteroatoms. The Kier molecular flexibility index (Phi) is 5.34. The van der Waals surface area contributed by atoms with Gasteiger partial charge in [0.1, 0.15) is 0 Å². The normalized spacial score (nSPS) is 26.9. The van der Waals surface area contributed by atoms with Crippen LogP contribution in [0.15, 0.2) is 29.2 Å². The van der Waals surface area contributed by atoms with Gasteiger partial charge < -0.3 is 0 Å². The maximum absolute atomic E-state index is 9.36. The summed E-state index contributed by atoms with van der Waals surface area (Å²) in [5, 5.41) is 9.84. The number of rotatable bonds is 4. The average Bonchev–Trinajstić information content (AvgIpc) is 2.42. The second-order valence-electron chi connectivity index (χ2n) is 5.63. The van der Waals surface area contributed by atoms with Crippen LogP contribution in [0.3, 0.4) is 0 Å². The Balaban J connectivity index is 2.07. The molecule has 0 N–H and O–H groups in total. The van der Waals surface area contributed by atoms with Gasteiger partial charge in [-0.05, 0) is 43.7 Å². The lowest BCUT2D eigenvalue weighted by atomic mass is 9.80. The third kappa shape index (κ3) is 3.76. The molecule has 0 spiro atoms. The predicted octanol–water partition coefficient (Wildman–Crippen LogP) is 5.20. The summed E-state index contributed by atoms with van der Waals surface area (Å²) in [4.78, 5) is 1.35. The van der Waals surface area contributed by atoms with Crippen molar-refractivity contribution in [1.82, 2.24) is 0 Å². The number of hydrogen-bond acceptors (Lipinski definition) is 2. The number of nitriles is 1. The van der Waals surface area contributed by atoms with Crippen LogP contribution in [0, 0.1) is 30.1 Å². The molecule has 0 bridgehead atoms. The van der Waals surface area contributed by atoms with Crippen LogP contribution in [0.4, 0.5) is 0 Å². The predicted molar refractivity (Wildman–Crippen MR) is 82.2 cm³/mol. The van der Waals surface area contributed by atoms with Gasteiger partial charge in [0.05, 0.1) is 12.0 Å². The molecular formula is C17H23NS. The molecule has 1 aliphatic rings. The van der Waals surface area contributed by atoms with Crippen LogP contribution in [-0.4, -0.2) is 5.25 Å². The van der Waals surface area contributed by atoms with Gasteiger partial charge in [-0.15, -0.1) is 11.8 Å². The summed E-state index contributed by atoms with van der Waals surface area (Å²) in [6.45, 7) is 4.43. The maximum atomic E-state index is 9.36. The number of hydrogen-bond donors (Lipinski definition) is 0. The quantitative estimate of drug-likeness (QED) is 0.753. The van der Waals surface area contributed by atoms with Crippen molar-refractivity contribution in [2.45, 2.75) is 56.1 Å². The molecular weight excluding hydrogens is 250 g/mol. The molecule has 0 saturated heterocycles. The van der Waals surface area contributed by atoms with Crippen molar-refractivity contribution in [2.24, 2.45) is 11.8 Å². The molecule has 0 aromatic heterocycles. The molecule has 0 amide bonds. The zero-order chi connectivity index (χ0) is 13.7. The van der Waals surface area contributed by atoms with Crippen LogP contribution in [0.1, 0.15) is 44.6 Å². The summed E-state index contributed by atoms with van der Waals surface area (Å²) in [5.74, 6) is 1.06. The van der Waals surface area contributed by atoms with Gasteiger partial charge in [0.2, 0.25) is 0 Å². The van der Waals surface area contributed by atoms with Crippen molar-refractivity contribution in [3.05, 3.63) is 29.8 Å². The van der Waals surface area contributed by atoms with Crippen molar-refractivity contribution in [1.29, 1.82) is 5.26 Å². The standard InChI is InChI=1S/C17H23NS/c1-3-6-14-9-10-15(12-18)17(11-14)19-16-8-5-4-7-13(16)2/h4-5,7-8,14-15,17H,3,6,9-11H2,1-2H3. The molecule has 1 aromatic carbocycles. The number of benzene rings is 1. The summed E-state index contributed by atoms with van der Waals surface area (Å²) in [6, 6.07) is 11.1. The van der Waals surface area contributed by atoms with E-state index in [0.29, 0.717) is 5.25 Å². The lowest BCUT2D eigenvalue weighted by Crippen LogP contribution is -2.26. The molecule has 2 rings (SSSR count). The van der Waals surface area contributed by atoms with Gasteiger partial charge in [-0.1, -0.05) is 38.0 Å². The Morgan fingerprint density at radius 2 is 2.11 bits per heavy atom. The second kappa shape index (κ2) is 7.01. The highest BCUT2D eigenvalue weighted by Crippen LogP contribution is 2.41. The number of thioether (sulfide) groups is 1. The smallest absolute Gasteiger partial charge is 0.0667 e. The van der Waals surface area contributed by atoms with Gasteiger partial charge in [-0.3, -0.25) is 0 Å². The third-order valence-electron chi connectivity index (χ3n) is 4.14. The molecule has 1 aliphatic carbocycles. The zero-order valence-corrected chi connectivity index (χ0v) is 12.7. The second-order valence-corrected chi connectivity index (χ2v) is 6.91. The Labute approximate surface area is 121 Å². The zero-order valence-electron chi connectivity index (χ0n) is 11.9. The van der Waals surface area contributed by atoms with Crippen molar-refractivity contribution in [3.63, 3.8) is 0 Å². The first-order valence-electron chi connectivity index (χ1n) is 7.36. The first kappa shape index (κ1) is 14.5. The minimum Gasteiger partial charge on any atom is -0.198 e. The molecule has 3 atom stereocenters. The summed E-state index contributed by atoms with van der Waals surface area (Å²) in [6.07, 6.45) is 6.14. The molecule has 1 aromatic rings. The molecule has 102 valence electrons. The van der Waals surface area contributed by atoms with Crippen molar-refractivity contribution >= 4 is 11.8 Å². The van der Waals surface area contributed by atoms with Crippen LogP contribution < -0.4 is 0 Å². The Hall–Kier alpha value is -0.940. The van der Waals surface area contributed by atoms with Gasteiger partial charge >= 0.3 is 0 Å². The van der Waals surface area contributed by atoms with Gasteiger partial charge in [-0.2, -0.15) is 5.26 Å². The van der Waals surface area contributed by atoms with E-state index in [-0.39, 0.29) is 5.92 Å². The van der Waals surface area contributed by atoms with Gasteiger partial charge in [0.25, 0.3) is 0 Å². The van der Waals surface area contributed by atoms with Crippen molar-refractivity contribution in [2.75, 3.05) is 0 Å². The van der Waals surface area contributed by atoms with Gasteiger partial charge in [0.15, 0.2) is 0 Å². The van der Waals surface area contributed by atoms with E-state index in [0.717, 1.165) is 12.3 Å². The molecule has 1 nitrogen and oxygen atoms in total.